The lowest BCUT2D eigenvalue weighted by Gasteiger charge is -2.01. The van der Waals surface area contributed by atoms with Crippen molar-refractivity contribution in [1.82, 2.24) is 5.16 Å². The maximum atomic E-state index is 11.3. The van der Waals surface area contributed by atoms with E-state index in [1.54, 1.807) is 38.3 Å². The Morgan fingerprint density at radius 2 is 2.00 bits per heavy atom. The van der Waals surface area contributed by atoms with Gasteiger partial charge in [-0.15, -0.1) is 0 Å². The predicted molar refractivity (Wildman–Crippen MR) is 63.4 cm³/mol. The summed E-state index contributed by atoms with van der Waals surface area (Å²) in [5.74, 6) is 1.14. The molecule has 0 spiro atoms. The number of benzene rings is 1. The van der Waals surface area contributed by atoms with Gasteiger partial charge >= 0.3 is 0 Å². The minimum atomic E-state index is -0.574. The van der Waals surface area contributed by atoms with Crippen LogP contribution in [0.25, 0.3) is 11.3 Å². The highest BCUT2D eigenvalue weighted by Crippen LogP contribution is 2.27. The zero-order valence-corrected chi connectivity index (χ0v) is 10.1. The van der Waals surface area contributed by atoms with Crippen LogP contribution in [0.4, 0.5) is 0 Å². The quantitative estimate of drug-likeness (QED) is 0.787. The van der Waals surface area contributed by atoms with E-state index >= 15 is 0 Å². The molecule has 0 fully saturated rings. The SMILES string of the molecule is COc1ccc(-c2noc(C)c2C(=O)Cl)cc1. The molecule has 0 N–H and O–H groups in total. The molecule has 1 aromatic heterocycles. The fraction of sp³-hybridized carbons (Fsp3) is 0.167. The minimum absolute atomic E-state index is 0.303. The van der Waals surface area contributed by atoms with Gasteiger partial charge in [0, 0.05) is 5.56 Å². The second kappa shape index (κ2) is 4.59. The van der Waals surface area contributed by atoms with Crippen molar-refractivity contribution in [3.05, 3.63) is 35.6 Å². The number of carbonyl (C=O) groups excluding carboxylic acids is 1. The number of halogens is 1. The lowest BCUT2D eigenvalue weighted by molar-refractivity contribution is 0.108. The van der Waals surface area contributed by atoms with Gasteiger partial charge in [-0.3, -0.25) is 4.79 Å². The van der Waals surface area contributed by atoms with Crippen LogP contribution in [-0.4, -0.2) is 17.5 Å². The summed E-state index contributed by atoms with van der Waals surface area (Å²) in [5, 5.41) is 3.27. The number of nitrogens with zero attached hydrogens (tertiary/aromatic N) is 1. The van der Waals surface area contributed by atoms with Crippen molar-refractivity contribution in [3.8, 4) is 17.0 Å². The molecule has 1 heterocycles. The number of aromatic nitrogens is 1. The number of hydrogen-bond donors (Lipinski definition) is 0. The Kier molecular flexibility index (Phi) is 3.15. The first-order valence-electron chi connectivity index (χ1n) is 4.94. The van der Waals surface area contributed by atoms with Crippen LogP contribution in [0.15, 0.2) is 28.8 Å². The van der Waals surface area contributed by atoms with Crippen molar-refractivity contribution in [2.24, 2.45) is 0 Å². The van der Waals surface area contributed by atoms with Gasteiger partial charge in [-0.1, -0.05) is 5.16 Å². The predicted octanol–water partition coefficient (Wildman–Crippen LogP) is 3.04. The van der Waals surface area contributed by atoms with Crippen molar-refractivity contribution in [1.29, 1.82) is 0 Å². The second-order valence-electron chi connectivity index (χ2n) is 3.46. The zero-order chi connectivity index (χ0) is 12.4. The van der Waals surface area contributed by atoms with Gasteiger partial charge in [-0.05, 0) is 42.8 Å². The number of aryl methyl sites for hydroxylation is 1. The van der Waals surface area contributed by atoms with Crippen molar-refractivity contribution >= 4 is 16.8 Å². The molecule has 1 aromatic carbocycles. The van der Waals surface area contributed by atoms with Gasteiger partial charge in [-0.25, -0.2) is 0 Å². The van der Waals surface area contributed by atoms with E-state index in [1.807, 2.05) is 0 Å². The number of rotatable bonds is 3. The normalized spacial score (nSPS) is 10.3. The Morgan fingerprint density at radius 3 is 2.53 bits per heavy atom. The Labute approximate surface area is 103 Å². The van der Waals surface area contributed by atoms with Gasteiger partial charge in [0.05, 0.1) is 7.11 Å². The molecule has 88 valence electrons. The van der Waals surface area contributed by atoms with Gasteiger partial charge in [0.2, 0.25) is 0 Å². The molecular weight excluding hydrogens is 242 g/mol. The highest BCUT2D eigenvalue weighted by molar-refractivity contribution is 6.68. The molecule has 0 saturated carbocycles. The van der Waals surface area contributed by atoms with Gasteiger partial charge in [0.15, 0.2) is 0 Å². The van der Waals surface area contributed by atoms with E-state index in [0.29, 0.717) is 17.0 Å². The number of methoxy groups -OCH3 is 1. The third kappa shape index (κ3) is 2.17. The summed E-state index contributed by atoms with van der Waals surface area (Å²) >= 11 is 5.50. The van der Waals surface area contributed by atoms with E-state index in [4.69, 9.17) is 20.9 Å². The van der Waals surface area contributed by atoms with Gasteiger partial charge < -0.3 is 9.26 Å². The third-order valence-electron chi connectivity index (χ3n) is 2.42. The molecule has 0 bridgehead atoms. The average Bonchev–Trinajstić information content (AvgIpc) is 2.71. The lowest BCUT2D eigenvalue weighted by atomic mass is 10.1. The van der Waals surface area contributed by atoms with Crippen molar-refractivity contribution < 1.29 is 14.1 Å². The largest absolute Gasteiger partial charge is 0.497 e. The fourth-order valence-electron chi connectivity index (χ4n) is 1.55. The zero-order valence-electron chi connectivity index (χ0n) is 9.36. The molecule has 17 heavy (non-hydrogen) atoms. The Bertz CT molecular complexity index is 545. The average molecular weight is 252 g/mol. The second-order valence-corrected chi connectivity index (χ2v) is 3.81. The van der Waals surface area contributed by atoms with E-state index in [1.165, 1.54) is 0 Å². The number of ether oxygens (including phenoxy) is 1. The van der Waals surface area contributed by atoms with Gasteiger partial charge in [-0.2, -0.15) is 0 Å². The molecule has 0 aliphatic heterocycles. The van der Waals surface area contributed by atoms with E-state index in [9.17, 15) is 4.79 Å². The molecule has 0 aliphatic carbocycles. The molecule has 0 saturated heterocycles. The standard InChI is InChI=1S/C12H10ClNO3/c1-7-10(12(13)15)11(14-17-7)8-3-5-9(16-2)6-4-8/h3-6H,1-2H3. The minimum Gasteiger partial charge on any atom is -0.497 e. The van der Waals surface area contributed by atoms with Crippen LogP contribution in [0.1, 0.15) is 16.1 Å². The highest BCUT2D eigenvalue weighted by Gasteiger charge is 2.19. The van der Waals surface area contributed by atoms with Crippen molar-refractivity contribution in [3.63, 3.8) is 0 Å². The molecule has 2 rings (SSSR count). The first kappa shape index (κ1) is 11.7. The lowest BCUT2D eigenvalue weighted by Crippen LogP contribution is -1.93. The van der Waals surface area contributed by atoms with Crippen LogP contribution < -0.4 is 4.74 Å². The van der Waals surface area contributed by atoms with E-state index in [0.717, 1.165) is 11.3 Å². The monoisotopic (exact) mass is 251 g/mol. The molecule has 0 unspecified atom stereocenters. The third-order valence-corrected chi connectivity index (χ3v) is 2.61. The summed E-state index contributed by atoms with van der Waals surface area (Å²) in [5.41, 5.74) is 1.51. The number of carbonyl (C=O) groups is 1. The van der Waals surface area contributed by atoms with Crippen LogP contribution in [0, 0.1) is 6.92 Å². The molecular formula is C12H10ClNO3. The Balaban J connectivity index is 2.49. The maximum absolute atomic E-state index is 11.3. The van der Waals surface area contributed by atoms with Crippen LogP contribution >= 0.6 is 11.6 Å². The molecule has 0 atom stereocenters. The topological polar surface area (TPSA) is 52.3 Å². The summed E-state index contributed by atoms with van der Waals surface area (Å²) < 4.78 is 10.0. The van der Waals surface area contributed by atoms with Crippen LogP contribution in [0.3, 0.4) is 0 Å². The molecule has 0 radical (unpaired) electrons. The smallest absolute Gasteiger partial charge is 0.258 e. The van der Waals surface area contributed by atoms with Crippen LogP contribution in [0.2, 0.25) is 0 Å². The van der Waals surface area contributed by atoms with Crippen molar-refractivity contribution in [2.75, 3.05) is 7.11 Å². The summed E-state index contributed by atoms with van der Waals surface area (Å²) in [7, 11) is 1.59. The first-order chi connectivity index (χ1) is 8.13. The van der Waals surface area contributed by atoms with E-state index < -0.39 is 5.24 Å². The molecule has 2 aromatic rings. The van der Waals surface area contributed by atoms with E-state index in [2.05, 4.69) is 5.16 Å². The molecule has 4 nitrogen and oxygen atoms in total. The maximum Gasteiger partial charge on any atom is 0.258 e. The Hall–Kier alpha value is -1.81. The fourth-order valence-corrected chi connectivity index (χ4v) is 1.77. The Morgan fingerprint density at radius 1 is 1.35 bits per heavy atom. The van der Waals surface area contributed by atoms with Crippen LogP contribution in [0.5, 0.6) is 5.75 Å². The first-order valence-corrected chi connectivity index (χ1v) is 5.32. The van der Waals surface area contributed by atoms with Gasteiger partial charge in [0.1, 0.15) is 22.8 Å². The molecule has 5 heteroatoms. The summed E-state index contributed by atoms with van der Waals surface area (Å²) in [6, 6.07) is 7.14. The molecule has 0 amide bonds. The highest BCUT2D eigenvalue weighted by atomic mass is 35.5. The van der Waals surface area contributed by atoms with E-state index in [-0.39, 0.29) is 0 Å². The summed E-state index contributed by atoms with van der Waals surface area (Å²) in [6.45, 7) is 1.65. The summed E-state index contributed by atoms with van der Waals surface area (Å²) in [4.78, 5) is 11.3. The van der Waals surface area contributed by atoms with Crippen LogP contribution in [-0.2, 0) is 0 Å². The van der Waals surface area contributed by atoms with Gasteiger partial charge in [0.25, 0.3) is 5.24 Å². The number of hydrogen-bond acceptors (Lipinski definition) is 4. The summed E-state index contributed by atoms with van der Waals surface area (Å²) in [6.07, 6.45) is 0. The molecule has 0 aliphatic rings. The van der Waals surface area contributed by atoms with Crippen molar-refractivity contribution in [2.45, 2.75) is 6.92 Å².